The Morgan fingerprint density at radius 2 is 2.15 bits per heavy atom. The molecule has 0 bridgehead atoms. The number of hydrogen-bond acceptors (Lipinski definition) is 2. The van der Waals surface area contributed by atoms with Crippen molar-refractivity contribution in [3.8, 4) is 0 Å². The molecule has 0 aliphatic rings. The zero-order valence-electron chi connectivity index (χ0n) is 8.88. The number of carbonyl (C=O) groups excluding carboxylic acids is 1. The molecule has 0 aliphatic heterocycles. The fourth-order valence-corrected chi connectivity index (χ4v) is 0.955. The van der Waals surface area contributed by atoms with Crippen molar-refractivity contribution < 1.29 is 9.53 Å². The summed E-state index contributed by atoms with van der Waals surface area (Å²) in [6.45, 7) is 6.66. The zero-order chi connectivity index (χ0) is 10.1. The SMILES string of the molecule is CCOC(=O)/C=C/CC[C@@H](C)CC. The topological polar surface area (TPSA) is 26.3 Å². The lowest BCUT2D eigenvalue weighted by Gasteiger charge is -2.03. The van der Waals surface area contributed by atoms with Gasteiger partial charge in [-0.3, -0.25) is 0 Å². The maximum atomic E-state index is 10.8. The van der Waals surface area contributed by atoms with Crippen LogP contribution in [0.5, 0.6) is 0 Å². The minimum atomic E-state index is -0.230. The third-order valence-corrected chi connectivity index (χ3v) is 2.06. The normalized spacial score (nSPS) is 13.2. The van der Waals surface area contributed by atoms with Crippen LogP contribution in [0.25, 0.3) is 0 Å². The van der Waals surface area contributed by atoms with Crippen molar-refractivity contribution in [2.24, 2.45) is 5.92 Å². The molecule has 0 unspecified atom stereocenters. The lowest BCUT2D eigenvalue weighted by molar-refractivity contribution is -0.137. The molecule has 1 atom stereocenters. The van der Waals surface area contributed by atoms with E-state index in [0.717, 1.165) is 18.8 Å². The van der Waals surface area contributed by atoms with Crippen LogP contribution in [-0.4, -0.2) is 12.6 Å². The first kappa shape index (κ1) is 12.2. The van der Waals surface area contributed by atoms with Gasteiger partial charge in [-0.05, 0) is 25.7 Å². The first-order valence-corrected chi connectivity index (χ1v) is 5.04. The standard InChI is InChI=1S/C11H20O2/c1-4-10(3)8-6-7-9-11(12)13-5-2/h7,9-10H,4-6,8H2,1-3H3/b9-7+/t10-/m0/s1. The van der Waals surface area contributed by atoms with Crippen LogP contribution in [0.15, 0.2) is 12.2 Å². The Bertz CT molecular complexity index is 161. The molecule has 0 aromatic heterocycles. The largest absolute Gasteiger partial charge is 0.463 e. The van der Waals surface area contributed by atoms with Crippen LogP contribution in [-0.2, 0) is 9.53 Å². The molecule has 13 heavy (non-hydrogen) atoms. The van der Waals surface area contributed by atoms with E-state index in [-0.39, 0.29) is 5.97 Å². The quantitative estimate of drug-likeness (QED) is 0.468. The molecule has 0 rings (SSSR count). The monoisotopic (exact) mass is 184 g/mol. The molecule has 0 aromatic rings. The number of rotatable bonds is 6. The smallest absolute Gasteiger partial charge is 0.330 e. The van der Waals surface area contributed by atoms with Gasteiger partial charge >= 0.3 is 5.97 Å². The van der Waals surface area contributed by atoms with E-state index in [9.17, 15) is 4.79 Å². The van der Waals surface area contributed by atoms with Crippen molar-refractivity contribution in [3.05, 3.63) is 12.2 Å². The number of ether oxygens (including phenoxy) is 1. The van der Waals surface area contributed by atoms with E-state index in [1.807, 2.05) is 13.0 Å². The van der Waals surface area contributed by atoms with Crippen LogP contribution >= 0.6 is 0 Å². The minimum Gasteiger partial charge on any atom is -0.463 e. The van der Waals surface area contributed by atoms with Crippen LogP contribution < -0.4 is 0 Å². The van der Waals surface area contributed by atoms with E-state index in [0.29, 0.717) is 6.61 Å². The van der Waals surface area contributed by atoms with Gasteiger partial charge in [0.25, 0.3) is 0 Å². The summed E-state index contributed by atoms with van der Waals surface area (Å²) in [7, 11) is 0. The molecule has 0 heterocycles. The van der Waals surface area contributed by atoms with Gasteiger partial charge in [0.15, 0.2) is 0 Å². The van der Waals surface area contributed by atoms with Crippen LogP contribution in [0, 0.1) is 5.92 Å². The van der Waals surface area contributed by atoms with Crippen LogP contribution in [0.2, 0.25) is 0 Å². The van der Waals surface area contributed by atoms with E-state index in [1.165, 1.54) is 12.5 Å². The third kappa shape index (κ3) is 7.57. The number of hydrogen-bond donors (Lipinski definition) is 0. The summed E-state index contributed by atoms with van der Waals surface area (Å²) < 4.78 is 4.75. The van der Waals surface area contributed by atoms with Gasteiger partial charge in [-0.2, -0.15) is 0 Å². The highest BCUT2D eigenvalue weighted by Crippen LogP contribution is 2.09. The van der Waals surface area contributed by atoms with Crippen molar-refractivity contribution in [2.75, 3.05) is 6.61 Å². The molecule has 2 nitrogen and oxygen atoms in total. The van der Waals surface area contributed by atoms with E-state index in [4.69, 9.17) is 4.74 Å². The number of allylic oxidation sites excluding steroid dienone is 1. The first-order chi connectivity index (χ1) is 6.20. The Kier molecular flexibility index (Phi) is 7.36. The fourth-order valence-electron chi connectivity index (χ4n) is 0.955. The average molecular weight is 184 g/mol. The summed E-state index contributed by atoms with van der Waals surface area (Å²) >= 11 is 0. The summed E-state index contributed by atoms with van der Waals surface area (Å²) in [5.74, 6) is 0.512. The third-order valence-electron chi connectivity index (χ3n) is 2.06. The van der Waals surface area contributed by atoms with Crippen molar-refractivity contribution in [3.63, 3.8) is 0 Å². The van der Waals surface area contributed by atoms with Gasteiger partial charge in [-0.15, -0.1) is 0 Å². The molecule has 0 radical (unpaired) electrons. The van der Waals surface area contributed by atoms with Crippen molar-refractivity contribution in [1.29, 1.82) is 0 Å². The van der Waals surface area contributed by atoms with Gasteiger partial charge in [0.2, 0.25) is 0 Å². The second-order valence-electron chi connectivity index (χ2n) is 3.25. The van der Waals surface area contributed by atoms with Crippen molar-refractivity contribution in [1.82, 2.24) is 0 Å². The molecule has 76 valence electrons. The van der Waals surface area contributed by atoms with E-state index in [1.54, 1.807) is 0 Å². The Balaban J connectivity index is 3.46. The summed E-state index contributed by atoms with van der Waals surface area (Å²) in [6, 6.07) is 0. The van der Waals surface area contributed by atoms with E-state index in [2.05, 4.69) is 13.8 Å². The molecule has 0 aromatic carbocycles. The highest BCUT2D eigenvalue weighted by molar-refractivity contribution is 5.81. The Morgan fingerprint density at radius 1 is 1.46 bits per heavy atom. The summed E-state index contributed by atoms with van der Waals surface area (Å²) in [5.41, 5.74) is 0. The fraction of sp³-hybridized carbons (Fsp3) is 0.727. The molecule has 0 saturated heterocycles. The van der Waals surface area contributed by atoms with Gasteiger partial charge in [0.1, 0.15) is 0 Å². The molecule has 0 spiro atoms. The van der Waals surface area contributed by atoms with Crippen LogP contribution in [0.1, 0.15) is 40.0 Å². The molecule has 0 aliphatic carbocycles. The second kappa shape index (κ2) is 7.84. The van der Waals surface area contributed by atoms with E-state index < -0.39 is 0 Å². The minimum absolute atomic E-state index is 0.230. The Morgan fingerprint density at radius 3 is 2.69 bits per heavy atom. The number of carbonyl (C=O) groups is 1. The van der Waals surface area contributed by atoms with Crippen molar-refractivity contribution >= 4 is 5.97 Å². The Labute approximate surface area is 81.0 Å². The average Bonchev–Trinajstić information content (AvgIpc) is 2.12. The Hall–Kier alpha value is -0.790. The maximum Gasteiger partial charge on any atom is 0.330 e. The maximum absolute atomic E-state index is 10.8. The molecular weight excluding hydrogens is 164 g/mol. The summed E-state index contributed by atoms with van der Waals surface area (Å²) in [4.78, 5) is 10.8. The van der Waals surface area contributed by atoms with Gasteiger partial charge in [-0.25, -0.2) is 4.79 Å². The van der Waals surface area contributed by atoms with E-state index >= 15 is 0 Å². The van der Waals surface area contributed by atoms with Crippen LogP contribution in [0.4, 0.5) is 0 Å². The van der Waals surface area contributed by atoms with Crippen molar-refractivity contribution in [2.45, 2.75) is 40.0 Å². The van der Waals surface area contributed by atoms with Gasteiger partial charge in [0, 0.05) is 6.08 Å². The van der Waals surface area contributed by atoms with Gasteiger partial charge in [-0.1, -0.05) is 26.3 Å². The molecule has 0 saturated carbocycles. The van der Waals surface area contributed by atoms with Crippen LogP contribution in [0.3, 0.4) is 0 Å². The molecule has 0 amide bonds. The predicted octanol–water partition coefficient (Wildman–Crippen LogP) is 2.93. The lowest BCUT2D eigenvalue weighted by Crippen LogP contribution is -1.99. The molecular formula is C11H20O2. The lowest BCUT2D eigenvalue weighted by atomic mass is 10.0. The van der Waals surface area contributed by atoms with Gasteiger partial charge in [0.05, 0.1) is 6.61 Å². The predicted molar refractivity (Wildman–Crippen MR) is 54.5 cm³/mol. The molecule has 2 heteroatoms. The number of esters is 1. The van der Waals surface area contributed by atoms with Gasteiger partial charge < -0.3 is 4.74 Å². The highest BCUT2D eigenvalue weighted by Gasteiger charge is 1.96. The summed E-state index contributed by atoms with van der Waals surface area (Å²) in [5, 5.41) is 0. The highest BCUT2D eigenvalue weighted by atomic mass is 16.5. The molecule has 0 fully saturated rings. The summed E-state index contributed by atoms with van der Waals surface area (Å²) in [6.07, 6.45) is 6.73. The first-order valence-electron chi connectivity index (χ1n) is 5.04. The second-order valence-corrected chi connectivity index (χ2v) is 3.25. The zero-order valence-corrected chi connectivity index (χ0v) is 8.88. The molecule has 0 N–H and O–H groups in total.